The molecule has 0 aliphatic rings. The number of methoxy groups -OCH3 is 2. The molecule has 0 saturated heterocycles. The second-order valence-electron chi connectivity index (χ2n) is 5.02. The lowest BCUT2D eigenvalue weighted by molar-refractivity contribution is -0.495. The molecule has 6 nitrogen and oxygen atoms in total. The van der Waals surface area contributed by atoms with Gasteiger partial charge in [0.1, 0.15) is 6.29 Å². The Kier molecular flexibility index (Phi) is 11.7. The highest BCUT2D eigenvalue weighted by atomic mass is 16.7. The number of nitrogens with zero attached hydrogens (tertiary/aromatic N) is 1. The van der Waals surface area contributed by atoms with Crippen molar-refractivity contribution in [1.29, 1.82) is 0 Å². The molecule has 2 atom stereocenters. The van der Waals surface area contributed by atoms with Gasteiger partial charge in [-0.25, -0.2) is 0 Å². The first-order valence-corrected chi connectivity index (χ1v) is 7.38. The molecule has 0 saturated carbocycles. The van der Waals surface area contributed by atoms with E-state index in [0.29, 0.717) is 6.42 Å². The summed E-state index contributed by atoms with van der Waals surface area (Å²) in [5.41, 5.74) is 0. The maximum Gasteiger partial charge on any atom is 0.212 e. The number of unbranched alkanes of at least 4 members (excludes halogenated alkanes) is 3. The van der Waals surface area contributed by atoms with Crippen LogP contribution in [0.4, 0.5) is 0 Å². The van der Waals surface area contributed by atoms with Gasteiger partial charge in [-0.2, -0.15) is 0 Å². The zero-order valence-corrected chi connectivity index (χ0v) is 13.2. The van der Waals surface area contributed by atoms with Crippen molar-refractivity contribution in [2.45, 2.75) is 45.3 Å². The minimum absolute atomic E-state index is 0.348. The molecule has 0 aliphatic carbocycles. The monoisotopic (exact) mass is 301 g/mol. The second-order valence-corrected chi connectivity index (χ2v) is 5.02. The summed E-state index contributed by atoms with van der Waals surface area (Å²) in [5.74, 6) is -1.07. The van der Waals surface area contributed by atoms with Crippen molar-refractivity contribution in [3.8, 4) is 0 Å². The number of nitro groups is 1. The van der Waals surface area contributed by atoms with Crippen molar-refractivity contribution in [3.63, 3.8) is 0 Å². The van der Waals surface area contributed by atoms with Crippen LogP contribution in [0.2, 0.25) is 0 Å². The van der Waals surface area contributed by atoms with Crippen molar-refractivity contribution < 1.29 is 19.2 Å². The van der Waals surface area contributed by atoms with E-state index in [2.05, 4.69) is 6.92 Å². The third-order valence-electron chi connectivity index (χ3n) is 3.45. The standard InChI is InChI=1S/C15H27NO5/c1-4-5-6-7-8-9-10-13(12-17)14(11-16(18)19)15(20-2)21-3/h8-9,12-15H,4-7,10-11H2,1-3H3/t13-,14-/m0/s1. The van der Waals surface area contributed by atoms with Gasteiger partial charge in [0.05, 0.1) is 5.92 Å². The summed E-state index contributed by atoms with van der Waals surface area (Å²) in [6.07, 6.45) is 8.87. The highest BCUT2D eigenvalue weighted by Gasteiger charge is 2.33. The average Bonchev–Trinajstić information content (AvgIpc) is 2.46. The topological polar surface area (TPSA) is 78.7 Å². The molecule has 6 heteroatoms. The van der Waals surface area contributed by atoms with E-state index in [1.807, 2.05) is 12.2 Å². The van der Waals surface area contributed by atoms with E-state index in [-0.39, 0.29) is 6.54 Å². The number of aldehydes is 1. The summed E-state index contributed by atoms with van der Waals surface area (Å²) in [6.45, 7) is 1.80. The molecule has 0 N–H and O–H groups in total. The zero-order chi connectivity index (χ0) is 16.1. The number of carbonyl (C=O) groups excluding carboxylic acids is 1. The minimum atomic E-state index is -0.751. The maximum absolute atomic E-state index is 11.3. The zero-order valence-electron chi connectivity index (χ0n) is 13.2. The van der Waals surface area contributed by atoms with E-state index in [9.17, 15) is 14.9 Å². The molecule has 21 heavy (non-hydrogen) atoms. The predicted molar refractivity (Wildman–Crippen MR) is 80.6 cm³/mol. The number of carbonyl (C=O) groups is 1. The van der Waals surface area contributed by atoms with Gasteiger partial charge in [-0.1, -0.05) is 31.9 Å². The lowest BCUT2D eigenvalue weighted by atomic mass is 9.89. The lowest BCUT2D eigenvalue weighted by Gasteiger charge is -2.25. The molecule has 0 amide bonds. The summed E-state index contributed by atoms with van der Waals surface area (Å²) in [5, 5.41) is 10.8. The number of allylic oxidation sites excluding steroid dienone is 2. The Morgan fingerprint density at radius 1 is 1.19 bits per heavy atom. The van der Waals surface area contributed by atoms with Crippen LogP contribution in [0.15, 0.2) is 12.2 Å². The van der Waals surface area contributed by atoms with Crippen molar-refractivity contribution in [2.24, 2.45) is 11.8 Å². The van der Waals surface area contributed by atoms with Gasteiger partial charge >= 0.3 is 0 Å². The quantitative estimate of drug-likeness (QED) is 0.130. The molecule has 0 radical (unpaired) electrons. The van der Waals surface area contributed by atoms with Crippen molar-refractivity contribution in [2.75, 3.05) is 20.8 Å². The van der Waals surface area contributed by atoms with E-state index in [4.69, 9.17) is 9.47 Å². The Hall–Kier alpha value is -1.27. The third-order valence-corrected chi connectivity index (χ3v) is 3.45. The molecule has 0 aromatic rings. The first-order chi connectivity index (χ1) is 10.1. The van der Waals surface area contributed by atoms with Crippen LogP contribution in [0.5, 0.6) is 0 Å². The highest BCUT2D eigenvalue weighted by molar-refractivity contribution is 5.54. The van der Waals surface area contributed by atoms with Gasteiger partial charge in [-0.15, -0.1) is 0 Å². The van der Waals surface area contributed by atoms with Gasteiger partial charge in [0.25, 0.3) is 0 Å². The Labute approximate surface area is 126 Å². The molecular formula is C15H27NO5. The summed E-state index contributed by atoms with van der Waals surface area (Å²) in [6, 6.07) is 0. The molecule has 0 spiro atoms. The van der Waals surface area contributed by atoms with Crippen LogP contribution in [0.1, 0.15) is 39.0 Å². The summed E-state index contributed by atoms with van der Waals surface area (Å²) >= 11 is 0. The van der Waals surface area contributed by atoms with E-state index in [0.717, 1.165) is 19.1 Å². The molecule has 0 bridgehead atoms. The van der Waals surface area contributed by atoms with Crippen LogP contribution in [-0.2, 0) is 14.3 Å². The molecule has 122 valence electrons. The van der Waals surface area contributed by atoms with Crippen LogP contribution >= 0.6 is 0 Å². The first kappa shape index (κ1) is 19.7. The fraction of sp³-hybridized carbons (Fsp3) is 0.800. The Morgan fingerprint density at radius 2 is 1.86 bits per heavy atom. The van der Waals surface area contributed by atoms with E-state index in [1.54, 1.807) is 0 Å². The summed E-state index contributed by atoms with van der Waals surface area (Å²) < 4.78 is 10.2. The largest absolute Gasteiger partial charge is 0.355 e. The fourth-order valence-corrected chi connectivity index (χ4v) is 2.26. The van der Waals surface area contributed by atoms with E-state index in [1.165, 1.54) is 27.1 Å². The smallest absolute Gasteiger partial charge is 0.212 e. The minimum Gasteiger partial charge on any atom is -0.355 e. The summed E-state index contributed by atoms with van der Waals surface area (Å²) in [4.78, 5) is 21.6. The number of hydrogen-bond donors (Lipinski definition) is 0. The van der Waals surface area contributed by atoms with Crippen LogP contribution in [0, 0.1) is 22.0 Å². The summed E-state index contributed by atoms with van der Waals surface area (Å²) in [7, 11) is 2.84. The van der Waals surface area contributed by atoms with Gasteiger partial charge in [0.2, 0.25) is 6.54 Å². The Bertz CT molecular complexity index is 315. The Balaban J connectivity index is 4.58. The number of rotatable bonds is 13. The van der Waals surface area contributed by atoms with Crippen LogP contribution in [0.25, 0.3) is 0 Å². The number of ether oxygens (including phenoxy) is 2. The fourth-order valence-electron chi connectivity index (χ4n) is 2.26. The second kappa shape index (κ2) is 12.5. The molecule has 0 heterocycles. The van der Waals surface area contributed by atoms with Crippen molar-refractivity contribution >= 4 is 6.29 Å². The van der Waals surface area contributed by atoms with Crippen LogP contribution < -0.4 is 0 Å². The SMILES string of the molecule is CCCCCC=CC[C@@H](C=O)[C@H](C[N+](=O)[O-])C(OC)OC. The van der Waals surface area contributed by atoms with E-state index >= 15 is 0 Å². The molecule has 0 aromatic carbocycles. The molecule has 0 unspecified atom stereocenters. The van der Waals surface area contributed by atoms with Crippen LogP contribution in [0.3, 0.4) is 0 Å². The maximum atomic E-state index is 11.3. The Morgan fingerprint density at radius 3 is 2.33 bits per heavy atom. The molecule has 0 rings (SSSR count). The van der Waals surface area contributed by atoms with Crippen molar-refractivity contribution in [1.82, 2.24) is 0 Å². The molecule has 0 aromatic heterocycles. The third kappa shape index (κ3) is 8.57. The van der Waals surface area contributed by atoms with Gasteiger partial charge < -0.3 is 14.3 Å². The highest BCUT2D eigenvalue weighted by Crippen LogP contribution is 2.22. The van der Waals surface area contributed by atoms with Gasteiger partial charge in [-0.05, 0) is 19.3 Å². The number of hydrogen-bond acceptors (Lipinski definition) is 5. The predicted octanol–water partition coefficient (Wildman–Crippen LogP) is 2.84. The van der Waals surface area contributed by atoms with E-state index < -0.39 is 23.0 Å². The molecular weight excluding hydrogens is 274 g/mol. The van der Waals surface area contributed by atoms with Gasteiger partial charge in [-0.3, -0.25) is 10.1 Å². The first-order valence-electron chi connectivity index (χ1n) is 7.38. The van der Waals surface area contributed by atoms with Gasteiger partial charge in [0.15, 0.2) is 6.29 Å². The average molecular weight is 301 g/mol. The van der Waals surface area contributed by atoms with Crippen LogP contribution in [-0.4, -0.2) is 38.3 Å². The molecule has 0 fully saturated rings. The van der Waals surface area contributed by atoms with Gasteiger partial charge in [0, 0.05) is 25.1 Å². The van der Waals surface area contributed by atoms with Crippen molar-refractivity contribution in [3.05, 3.63) is 22.3 Å². The normalized spacial score (nSPS) is 14.5. The lowest BCUT2D eigenvalue weighted by Crippen LogP contribution is -2.36. The molecule has 0 aliphatic heterocycles.